The molecule has 3 N–H and O–H groups in total. The van der Waals surface area contributed by atoms with Gasteiger partial charge in [0.2, 0.25) is 5.95 Å². The number of nitrogens with two attached hydrogens (primary N) is 1. The minimum absolute atomic E-state index is 0.0797. The summed E-state index contributed by atoms with van der Waals surface area (Å²) in [6.07, 6.45) is 3.18. The molecule has 1 amide bonds. The molecule has 0 radical (unpaired) electrons. The van der Waals surface area contributed by atoms with Gasteiger partial charge in [0.25, 0.3) is 5.91 Å². The molecule has 1 aliphatic heterocycles. The van der Waals surface area contributed by atoms with Crippen LogP contribution in [-0.2, 0) is 19.4 Å². The van der Waals surface area contributed by atoms with E-state index >= 15 is 4.39 Å². The van der Waals surface area contributed by atoms with Crippen molar-refractivity contribution in [2.45, 2.75) is 38.2 Å². The number of hydrogen-bond donors (Lipinski definition) is 2. The molecule has 0 unspecified atom stereocenters. The van der Waals surface area contributed by atoms with E-state index in [9.17, 15) is 9.90 Å². The van der Waals surface area contributed by atoms with E-state index in [2.05, 4.69) is 15.0 Å². The normalized spacial score (nSPS) is 15.3. The quantitative estimate of drug-likeness (QED) is 0.404. The summed E-state index contributed by atoms with van der Waals surface area (Å²) in [6, 6.07) is 10.8. The van der Waals surface area contributed by atoms with Gasteiger partial charge < -0.3 is 15.7 Å². The predicted molar refractivity (Wildman–Crippen MR) is 136 cm³/mol. The molecule has 9 heteroatoms. The van der Waals surface area contributed by atoms with E-state index in [0.29, 0.717) is 53.8 Å². The van der Waals surface area contributed by atoms with Gasteiger partial charge in [-0.25, -0.2) is 9.37 Å². The van der Waals surface area contributed by atoms with Crippen LogP contribution in [0.2, 0.25) is 0 Å². The van der Waals surface area contributed by atoms with Crippen molar-refractivity contribution >= 4 is 28.9 Å². The molecule has 7 nitrogen and oxygen atoms in total. The van der Waals surface area contributed by atoms with Crippen molar-refractivity contribution in [3.8, 4) is 11.4 Å². The highest BCUT2D eigenvalue weighted by atomic mass is 32.1. The molecule has 1 saturated carbocycles. The summed E-state index contributed by atoms with van der Waals surface area (Å²) < 4.78 is 15.1. The maximum Gasteiger partial charge on any atom is 0.261 e. The average molecular weight is 502 g/mol. The third-order valence-corrected chi connectivity index (χ3v) is 7.52. The molecule has 0 atom stereocenters. The number of halogens is 1. The van der Waals surface area contributed by atoms with Gasteiger partial charge in [0.1, 0.15) is 11.6 Å². The van der Waals surface area contributed by atoms with Crippen LogP contribution in [0, 0.1) is 5.82 Å². The van der Waals surface area contributed by atoms with Crippen LogP contribution < -0.4 is 10.6 Å². The third kappa shape index (κ3) is 4.14. The van der Waals surface area contributed by atoms with Gasteiger partial charge in [-0.3, -0.25) is 4.79 Å². The van der Waals surface area contributed by atoms with Gasteiger partial charge in [0.15, 0.2) is 5.82 Å². The molecule has 2 aromatic heterocycles. The summed E-state index contributed by atoms with van der Waals surface area (Å²) in [7, 11) is 0. The number of aliphatic hydroxyl groups excluding tert-OH is 1. The number of amides is 1. The van der Waals surface area contributed by atoms with E-state index in [4.69, 9.17) is 5.73 Å². The zero-order valence-electron chi connectivity index (χ0n) is 19.4. The largest absolute Gasteiger partial charge is 0.392 e. The molecular weight excluding hydrogens is 477 g/mol. The van der Waals surface area contributed by atoms with Crippen molar-refractivity contribution in [2.24, 2.45) is 0 Å². The van der Waals surface area contributed by atoms with Gasteiger partial charge in [0, 0.05) is 24.1 Å². The number of aromatic nitrogens is 3. The van der Waals surface area contributed by atoms with Crippen LogP contribution in [-0.4, -0.2) is 32.5 Å². The molecule has 0 saturated heterocycles. The van der Waals surface area contributed by atoms with Crippen LogP contribution in [0.1, 0.15) is 57.2 Å². The number of rotatable bonds is 6. The lowest BCUT2D eigenvalue weighted by molar-refractivity contribution is 0.0976. The Morgan fingerprint density at radius 3 is 2.78 bits per heavy atom. The summed E-state index contributed by atoms with van der Waals surface area (Å²) >= 11 is 1.59. The van der Waals surface area contributed by atoms with E-state index in [-0.39, 0.29) is 18.1 Å². The number of nitrogens with zero attached hydrogens (tertiary/aromatic N) is 4. The molecule has 0 bridgehead atoms. The molecule has 2 aliphatic rings. The molecule has 4 aromatic rings. The SMILES string of the molecule is Nc1nc(Cc2ccsc2)nc(-c2cccc(N3CCc4cc(C5CC5)cc(F)c4C3=O)c2CO)n1. The molecule has 1 aliphatic carbocycles. The lowest BCUT2D eigenvalue weighted by Crippen LogP contribution is -2.39. The fourth-order valence-electron chi connectivity index (χ4n) is 4.89. The van der Waals surface area contributed by atoms with Crippen LogP contribution in [0.4, 0.5) is 16.0 Å². The van der Waals surface area contributed by atoms with Gasteiger partial charge in [-0.05, 0) is 70.8 Å². The van der Waals surface area contributed by atoms with E-state index in [1.165, 1.54) is 11.0 Å². The van der Waals surface area contributed by atoms with Crippen LogP contribution in [0.3, 0.4) is 0 Å². The maximum absolute atomic E-state index is 15.1. The van der Waals surface area contributed by atoms with Gasteiger partial charge in [0.05, 0.1) is 17.9 Å². The standard InChI is InChI=1S/C27H24FN5O2S/c28-21-12-18(16-4-5-16)11-17-6-8-33(26(35)24(17)21)22-3-1-2-19(20(22)13-34)25-30-23(31-27(29)32-25)10-15-7-9-36-14-15/h1-3,7,9,11-12,14,16,34H,4-6,8,10,13H2,(H2,29,30,31,32). The number of hydrogen-bond acceptors (Lipinski definition) is 7. The average Bonchev–Trinajstić information content (AvgIpc) is 3.60. The van der Waals surface area contributed by atoms with E-state index in [1.54, 1.807) is 29.5 Å². The molecular formula is C27H24FN5O2S. The van der Waals surface area contributed by atoms with Gasteiger partial charge >= 0.3 is 0 Å². The van der Waals surface area contributed by atoms with Gasteiger partial charge in [-0.1, -0.05) is 18.2 Å². The number of fused-ring (bicyclic) bond motifs is 1. The first-order chi connectivity index (χ1) is 17.5. The number of carbonyl (C=O) groups excluding carboxylic acids is 1. The lowest BCUT2D eigenvalue weighted by atomic mass is 9.93. The van der Waals surface area contributed by atoms with Crippen molar-refractivity contribution in [3.05, 3.63) is 86.6 Å². The first-order valence-electron chi connectivity index (χ1n) is 11.9. The smallest absolute Gasteiger partial charge is 0.261 e. The number of anilines is 2. The van der Waals surface area contributed by atoms with Crippen LogP contribution in [0.15, 0.2) is 47.2 Å². The Hall–Kier alpha value is -3.69. The van der Waals surface area contributed by atoms with Crippen LogP contribution >= 0.6 is 11.3 Å². The highest BCUT2D eigenvalue weighted by Crippen LogP contribution is 2.42. The molecule has 6 rings (SSSR count). The first kappa shape index (κ1) is 22.8. The number of nitrogen functional groups attached to an aromatic ring is 1. The summed E-state index contributed by atoms with van der Waals surface area (Å²) in [5.41, 5.74) is 10.5. The molecule has 3 heterocycles. The maximum atomic E-state index is 15.1. The monoisotopic (exact) mass is 501 g/mol. The second-order valence-corrected chi connectivity index (χ2v) is 10.0. The Morgan fingerprint density at radius 2 is 2.03 bits per heavy atom. The van der Waals surface area contributed by atoms with E-state index in [0.717, 1.165) is 29.5 Å². The second-order valence-electron chi connectivity index (χ2n) is 9.22. The zero-order chi connectivity index (χ0) is 24.8. The Morgan fingerprint density at radius 1 is 1.17 bits per heavy atom. The number of carbonyl (C=O) groups is 1. The fraction of sp³-hybridized carbons (Fsp3) is 0.259. The fourth-order valence-corrected chi connectivity index (χ4v) is 5.56. The van der Waals surface area contributed by atoms with Gasteiger partial charge in [-0.15, -0.1) is 0 Å². The Balaban J connectivity index is 1.38. The molecule has 182 valence electrons. The summed E-state index contributed by atoms with van der Waals surface area (Å²) in [6.45, 7) is 0.0370. The highest BCUT2D eigenvalue weighted by molar-refractivity contribution is 7.07. The Labute approximate surface area is 211 Å². The van der Waals surface area contributed by atoms with Crippen molar-refractivity contribution in [3.63, 3.8) is 0 Å². The molecule has 2 aromatic carbocycles. The first-order valence-corrected chi connectivity index (χ1v) is 12.8. The molecule has 1 fully saturated rings. The number of benzene rings is 2. The summed E-state index contributed by atoms with van der Waals surface area (Å²) in [4.78, 5) is 28.2. The van der Waals surface area contributed by atoms with Crippen molar-refractivity contribution < 1.29 is 14.3 Å². The predicted octanol–water partition coefficient (Wildman–Crippen LogP) is 4.48. The Bertz CT molecular complexity index is 1470. The molecule has 36 heavy (non-hydrogen) atoms. The minimum atomic E-state index is -0.478. The zero-order valence-corrected chi connectivity index (χ0v) is 20.3. The van der Waals surface area contributed by atoms with Crippen molar-refractivity contribution in [2.75, 3.05) is 17.2 Å². The highest BCUT2D eigenvalue weighted by Gasteiger charge is 2.33. The van der Waals surface area contributed by atoms with Gasteiger partial charge in [-0.2, -0.15) is 21.3 Å². The van der Waals surface area contributed by atoms with Crippen molar-refractivity contribution in [1.82, 2.24) is 15.0 Å². The lowest BCUT2D eigenvalue weighted by Gasteiger charge is -2.31. The summed E-state index contributed by atoms with van der Waals surface area (Å²) in [5.74, 6) is 0.444. The minimum Gasteiger partial charge on any atom is -0.392 e. The number of aliphatic hydroxyl groups is 1. The Kier molecular flexibility index (Phi) is 5.73. The number of thiophene rings is 1. The van der Waals surface area contributed by atoms with Crippen LogP contribution in [0.25, 0.3) is 11.4 Å². The topological polar surface area (TPSA) is 105 Å². The van der Waals surface area contributed by atoms with E-state index < -0.39 is 11.7 Å². The van der Waals surface area contributed by atoms with Crippen molar-refractivity contribution in [1.29, 1.82) is 0 Å². The van der Waals surface area contributed by atoms with E-state index in [1.807, 2.05) is 22.9 Å². The van der Waals surface area contributed by atoms with Crippen LogP contribution in [0.5, 0.6) is 0 Å². The second kappa shape index (κ2) is 9.07. The third-order valence-electron chi connectivity index (χ3n) is 6.79. The summed E-state index contributed by atoms with van der Waals surface area (Å²) in [5, 5.41) is 14.4. The molecule has 0 spiro atoms.